The fraction of sp³-hybridized carbons (Fsp3) is 0.562. The van der Waals surface area contributed by atoms with E-state index < -0.39 is 0 Å². The van der Waals surface area contributed by atoms with Crippen molar-refractivity contribution in [2.75, 3.05) is 19.0 Å². The molecule has 0 bridgehead atoms. The second-order valence-electron chi connectivity index (χ2n) is 5.64. The van der Waals surface area contributed by atoms with Gasteiger partial charge in [-0.05, 0) is 43.5 Å². The van der Waals surface area contributed by atoms with Crippen LogP contribution in [0.1, 0.15) is 38.5 Å². The summed E-state index contributed by atoms with van der Waals surface area (Å²) in [5, 5.41) is 4.55. The molecule has 2 aliphatic rings. The lowest BCUT2D eigenvalue weighted by Crippen LogP contribution is -2.35. The number of anilines is 1. The number of thioether (sulfide) groups is 1. The van der Waals surface area contributed by atoms with E-state index in [1.165, 1.54) is 38.5 Å². The molecule has 1 heterocycles. The van der Waals surface area contributed by atoms with E-state index in [1.807, 2.05) is 36.0 Å². The molecule has 20 heavy (non-hydrogen) atoms. The largest absolute Gasteiger partial charge is 0.497 e. The first kappa shape index (κ1) is 13.8. The average Bonchev–Trinajstić information content (AvgIpc) is 2.49. The number of hydrogen-bond acceptors (Lipinski definition) is 4. The Balaban J connectivity index is 1.66. The second-order valence-corrected chi connectivity index (χ2v) is 7.09. The van der Waals surface area contributed by atoms with E-state index in [0.717, 1.165) is 23.1 Å². The minimum Gasteiger partial charge on any atom is -0.497 e. The van der Waals surface area contributed by atoms with E-state index in [2.05, 4.69) is 10.3 Å². The van der Waals surface area contributed by atoms with Gasteiger partial charge in [-0.25, -0.2) is 0 Å². The Kier molecular flexibility index (Phi) is 4.20. The van der Waals surface area contributed by atoms with Crippen molar-refractivity contribution in [2.45, 2.75) is 43.3 Å². The highest BCUT2D eigenvalue weighted by atomic mass is 32.2. The monoisotopic (exact) mass is 290 g/mol. The summed E-state index contributed by atoms with van der Waals surface area (Å²) >= 11 is 1.97. The molecule has 0 saturated heterocycles. The molecule has 0 unspecified atom stereocenters. The number of nitrogens with zero attached hydrogens (tertiary/aromatic N) is 1. The smallest absolute Gasteiger partial charge is 0.161 e. The number of benzene rings is 1. The van der Waals surface area contributed by atoms with Crippen LogP contribution >= 0.6 is 11.8 Å². The summed E-state index contributed by atoms with van der Waals surface area (Å²) in [4.78, 5) is 4.65. The quantitative estimate of drug-likeness (QED) is 0.881. The molecule has 108 valence electrons. The van der Waals surface area contributed by atoms with Crippen LogP contribution < -0.4 is 10.1 Å². The van der Waals surface area contributed by atoms with Gasteiger partial charge in [-0.15, -0.1) is 0 Å². The Morgan fingerprint density at radius 2 is 1.85 bits per heavy atom. The van der Waals surface area contributed by atoms with Gasteiger partial charge in [0.25, 0.3) is 0 Å². The van der Waals surface area contributed by atoms with Gasteiger partial charge in [-0.1, -0.05) is 31.0 Å². The Labute approximate surface area is 125 Å². The zero-order valence-electron chi connectivity index (χ0n) is 12.0. The van der Waals surface area contributed by atoms with Crippen molar-refractivity contribution in [3.63, 3.8) is 0 Å². The molecule has 0 atom stereocenters. The standard InChI is InChI=1S/C16H22N2OS/c1-19-14-7-5-13(6-8-14)18-15-17-12-11-16(20-15)9-3-2-4-10-16/h5-8H,2-4,9-12H2,1H3,(H,17,18). The predicted octanol–water partition coefficient (Wildman–Crippen LogP) is 4.30. The Hall–Kier alpha value is -1.16. The third kappa shape index (κ3) is 3.11. The first-order chi connectivity index (χ1) is 9.80. The van der Waals surface area contributed by atoms with Gasteiger partial charge in [-0.2, -0.15) is 0 Å². The number of amidine groups is 1. The summed E-state index contributed by atoms with van der Waals surface area (Å²) in [6.45, 7) is 0.964. The highest BCUT2D eigenvalue weighted by molar-refractivity contribution is 8.15. The van der Waals surface area contributed by atoms with Crippen molar-refractivity contribution in [3.8, 4) is 5.75 Å². The Morgan fingerprint density at radius 1 is 1.10 bits per heavy atom. The van der Waals surface area contributed by atoms with Gasteiger partial charge in [0.05, 0.1) is 7.11 Å². The van der Waals surface area contributed by atoms with Crippen molar-refractivity contribution in [1.29, 1.82) is 0 Å². The van der Waals surface area contributed by atoms with Gasteiger partial charge < -0.3 is 10.1 Å². The number of rotatable bonds is 2. The van der Waals surface area contributed by atoms with E-state index in [9.17, 15) is 0 Å². The molecule has 0 radical (unpaired) electrons. The van der Waals surface area contributed by atoms with Gasteiger partial charge >= 0.3 is 0 Å². The minimum atomic E-state index is 0.453. The summed E-state index contributed by atoms with van der Waals surface area (Å²) < 4.78 is 5.64. The molecule has 1 aliphatic carbocycles. The van der Waals surface area contributed by atoms with Crippen molar-refractivity contribution in [1.82, 2.24) is 0 Å². The Bertz CT molecular complexity index is 478. The van der Waals surface area contributed by atoms with Crippen LogP contribution in [-0.2, 0) is 0 Å². The van der Waals surface area contributed by atoms with Gasteiger partial charge in [0.15, 0.2) is 5.17 Å². The SMILES string of the molecule is COc1ccc(NC2=NCCC3(CCCCC3)S2)cc1. The van der Waals surface area contributed by atoms with Gasteiger partial charge in [0, 0.05) is 17.0 Å². The number of methoxy groups -OCH3 is 1. The zero-order chi connectivity index (χ0) is 13.8. The van der Waals surface area contributed by atoms with Crippen molar-refractivity contribution in [3.05, 3.63) is 24.3 Å². The average molecular weight is 290 g/mol. The van der Waals surface area contributed by atoms with E-state index in [-0.39, 0.29) is 0 Å². The highest BCUT2D eigenvalue weighted by Gasteiger charge is 2.36. The first-order valence-corrected chi connectivity index (χ1v) is 8.26. The maximum Gasteiger partial charge on any atom is 0.161 e. The van der Waals surface area contributed by atoms with Crippen LogP contribution in [0.25, 0.3) is 0 Å². The Morgan fingerprint density at radius 3 is 2.55 bits per heavy atom. The van der Waals surface area contributed by atoms with Crippen LogP contribution in [0.4, 0.5) is 5.69 Å². The molecule has 1 fully saturated rings. The molecular weight excluding hydrogens is 268 g/mol. The maximum atomic E-state index is 5.19. The third-order valence-electron chi connectivity index (χ3n) is 4.24. The summed E-state index contributed by atoms with van der Waals surface area (Å²) in [6.07, 6.45) is 8.10. The molecule has 1 saturated carbocycles. The fourth-order valence-corrected chi connectivity index (χ4v) is 4.48. The van der Waals surface area contributed by atoms with E-state index in [1.54, 1.807) is 7.11 Å². The summed E-state index contributed by atoms with van der Waals surface area (Å²) in [5.41, 5.74) is 1.09. The van der Waals surface area contributed by atoms with Gasteiger partial charge in [0.2, 0.25) is 0 Å². The van der Waals surface area contributed by atoms with Crippen molar-refractivity contribution < 1.29 is 4.74 Å². The van der Waals surface area contributed by atoms with Crippen LogP contribution in [-0.4, -0.2) is 23.6 Å². The van der Waals surface area contributed by atoms with Gasteiger partial charge in [0.1, 0.15) is 5.75 Å². The number of aliphatic imine (C=N–C) groups is 1. The van der Waals surface area contributed by atoms with Gasteiger partial charge in [-0.3, -0.25) is 4.99 Å². The fourth-order valence-electron chi connectivity index (χ4n) is 3.06. The number of nitrogens with one attached hydrogen (secondary N) is 1. The lowest BCUT2D eigenvalue weighted by Gasteiger charge is -2.39. The maximum absolute atomic E-state index is 5.19. The van der Waals surface area contributed by atoms with E-state index in [0.29, 0.717) is 4.75 Å². The highest BCUT2D eigenvalue weighted by Crippen LogP contribution is 2.45. The molecule has 1 aromatic rings. The van der Waals surface area contributed by atoms with Crippen LogP contribution in [0.5, 0.6) is 5.75 Å². The molecule has 1 N–H and O–H groups in total. The molecule has 0 amide bonds. The third-order valence-corrected chi connectivity index (χ3v) is 5.71. The van der Waals surface area contributed by atoms with E-state index in [4.69, 9.17) is 4.74 Å². The van der Waals surface area contributed by atoms with Crippen LogP contribution in [0, 0.1) is 0 Å². The molecule has 0 aromatic heterocycles. The van der Waals surface area contributed by atoms with Crippen LogP contribution in [0.15, 0.2) is 29.3 Å². The molecular formula is C16H22N2OS. The second kappa shape index (κ2) is 6.08. The summed E-state index contributed by atoms with van der Waals surface area (Å²) in [7, 11) is 1.69. The zero-order valence-corrected chi connectivity index (χ0v) is 12.8. The number of hydrogen-bond donors (Lipinski definition) is 1. The topological polar surface area (TPSA) is 33.6 Å². The summed E-state index contributed by atoms with van der Waals surface area (Å²) in [5.74, 6) is 0.887. The van der Waals surface area contributed by atoms with Crippen molar-refractivity contribution >= 4 is 22.6 Å². The van der Waals surface area contributed by atoms with Crippen LogP contribution in [0.3, 0.4) is 0 Å². The summed E-state index contributed by atoms with van der Waals surface area (Å²) in [6, 6.07) is 8.05. The lowest BCUT2D eigenvalue weighted by molar-refractivity contribution is 0.381. The first-order valence-electron chi connectivity index (χ1n) is 7.44. The van der Waals surface area contributed by atoms with Crippen molar-refractivity contribution in [2.24, 2.45) is 4.99 Å². The number of ether oxygens (including phenoxy) is 1. The molecule has 1 spiro atoms. The minimum absolute atomic E-state index is 0.453. The molecule has 1 aliphatic heterocycles. The molecule has 4 heteroatoms. The van der Waals surface area contributed by atoms with E-state index >= 15 is 0 Å². The van der Waals surface area contributed by atoms with Crippen LogP contribution in [0.2, 0.25) is 0 Å². The lowest BCUT2D eigenvalue weighted by atomic mass is 9.86. The molecule has 3 nitrogen and oxygen atoms in total. The molecule has 1 aromatic carbocycles. The normalized spacial score (nSPS) is 21.4. The molecule has 3 rings (SSSR count). The predicted molar refractivity (Wildman–Crippen MR) is 86.9 cm³/mol.